The number of hydrazone groups is 1. The molecule has 0 aliphatic carbocycles. The van der Waals surface area contributed by atoms with E-state index >= 15 is 0 Å². The van der Waals surface area contributed by atoms with Crippen molar-refractivity contribution in [2.45, 2.75) is 23.4 Å². The second-order valence-corrected chi connectivity index (χ2v) is 9.07. The van der Waals surface area contributed by atoms with Crippen LogP contribution in [0, 0.1) is 17.0 Å². The van der Waals surface area contributed by atoms with Crippen LogP contribution in [0.1, 0.15) is 17.2 Å². The predicted molar refractivity (Wildman–Crippen MR) is 127 cm³/mol. The van der Waals surface area contributed by atoms with Crippen molar-refractivity contribution in [2.24, 2.45) is 5.10 Å². The normalized spacial score (nSPS) is 18.7. The van der Waals surface area contributed by atoms with Gasteiger partial charge < -0.3 is 0 Å². The van der Waals surface area contributed by atoms with Crippen molar-refractivity contribution in [3.05, 3.63) is 100 Å². The lowest BCUT2D eigenvalue weighted by molar-refractivity contribution is -0.384. The molecular formula is C24H18N6O2S. The Morgan fingerprint density at radius 1 is 0.970 bits per heavy atom. The van der Waals surface area contributed by atoms with Gasteiger partial charge in [-0.15, -0.1) is 5.10 Å². The number of rotatable bonds is 4. The fraction of sp³-hybridized carbons (Fsp3) is 0.125. The van der Waals surface area contributed by atoms with Gasteiger partial charge in [-0.2, -0.15) is 9.78 Å². The van der Waals surface area contributed by atoms with Gasteiger partial charge in [0.05, 0.1) is 16.7 Å². The first-order valence-corrected chi connectivity index (χ1v) is 11.3. The topological polar surface area (TPSA) is 89.5 Å². The van der Waals surface area contributed by atoms with Crippen LogP contribution >= 0.6 is 11.8 Å². The zero-order chi connectivity index (χ0) is 22.5. The molecule has 6 rings (SSSR count). The number of benzene rings is 3. The summed E-state index contributed by atoms with van der Waals surface area (Å²) >= 11 is 1.62. The van der Waals surface area contributed by atoms with Crippen LogP contribution < -0.4 is 5.01 Å². The van der Waals surface area contributed by atoms with Gasteiger partial charge in [-0.3, -0.25) is 15.1 Å². The molecule has 0 saturated carbocycles. The average Bonchev–Trinajstić information content (AvgIpc) is 3.50. The van der Waals surface area contributed by atoms with Crippen LogP contribution in [0.2, 0.25) is 0 Å². The van der Waals surface area contributed by atoms with E-state index in [-0.39, 0.29) is 21.9 Å². The summed E-state index contributed by atoms with van der Waals surface area (Å²) in [5.74, 6) is 1.48. The van der Waals surface area contributed by atoms with Gasteiger partial charge in [0.2, 0.25) is 0 Å². The standard InChI is InChI=1S/C24H18N6O2S/c1-15-7-9-17(10-8-15)22-25-24-29(26-22)23-21(33-24)20(16-11-13-19(14-12-16)30(31)32)28(27-23)18-5-3-2-4-6-18/h2-14,20-21H,1H3/t20-,21-/m0/s1. The second-order valence-electron chi connectivity index (χ2n) is 7.97. The summed E-state index contributed by atoms with van der Waals surface area (Å²) in [4.78, 5) is 15.5. The quantitative estimate of drug-likeness (QED) is 0.316. The molecule has 0 spiro atoms. The molecule has 0 unspecified atom stereocenters. The van der Waals surface area contributed by atoms with Gasteiger partial charge in [0.1, 0.15) is 5.25 Å². The Hall–Kier alpha value is -3.98. The first kappa shape index (κ1) is 19.7. The Balaban J connectivity index is 1.41. The van der Waals surface area contributed by atoms with Crippen LogP contribution in [-0.4, -0.2) is 30.8 Å². The molecule has 162 valence electrons. The third-order valence-electron chi connectivity index (χ3n) is 5.82. The Kier molecular flexibility index (Phi) is 4.51. The largest absolute Gasteiger partial charge is 0.269 e. The van der Waals surface area contributed by atoms with Crippen molar-refractivity contribution in [1.82, 2.24) is 14.8 Å². The number of non-ortho nitro benzene ring substituents is 1. The maximum atomic E-state index is 11.1. The number of fused-ring (bicyclic) bond motifs is 3. The maximum absolute atomic E-state index is 11.1. The fourth-order valence-electron chi connectivity index (χ4n) is 4.15. The molecule has 0 saturated heterocycles. The van der Waals surface area contributed by atoms with Crippen LogP contribution in [0.5, 0.6) is 0 Å². The summed E-state index contributed by atoms with van der Waals surface area (Å²) in [6.45, 7) is 2.05. The molecule has 1 aromatic heterocycles. The number of nitrogens with zero attached hydrogens (tertiary/aromatic N) is 6. The van der Waals surface area contributed by atoms with E-state index in [0.29, 0.717) is 5.82 Å². The summed E-state index contributed by atoms with van der Waals surface area (Å²) in [5, 5.41) is 23.6. The monoisotopic (exact) mass is 454 g/mol. The second kappa shape index (κ2) is 7.56. The molecule has 0 radical (unpaired) electrons. The molecule has 3 heterocycles. The van der Waals surface area contributed by atoms with E-state index < -0.39 is 0 Å². The van der Waals surface area contributed by atoms with E-state index in [9.17, 15) is 10.1 Å². The lowest BCUT2D eigenvalue weighted by Gasteiger charge is -2.26. The molecule has 9 heteroatoms. The van der Waals surface area contributed by atoms with Crippen molar-refractivity contribution in [2.75, 3.05) is 5.01 Å². The van der Waals surface area contributed by atoms with E-state index in [1.54, 1.807) is 23.9 Å². The zero-order valence-electron chi connectivity index (χ0n) is 17.6. The number of anilines is 1. The Morgan fingerprint density at radius 3 is 2.39 bits per heavy atom. The van der Waals surface area contributed by atoms with Crippen LogP contribution in [0.4, 0.5) is 11.4 Å². The number of nitro benzene ring substituents is 1. The highest BCUT2D eigenvalue weighted by molar-refractivity contribution is 8.01. The predicted octanol–water partition coefficient (Wildman–Crippen LogP) is 5.06. The van der Waals surface area contributed by atoms with Crippen molar-refractivity contribution >= 4 is 29.0 Å². The SMILES string of the molecule is Cc1ccc(-c2nc3n(n2)C2=NN(c4ccccc4)[C@@H](c4ccc([N+](=O)[O-])cc4)[C@@H]2S3)cc1. The molecule has 0 fully saturated rings. The molecule has 0 bridgehead atoms. The van der Waals surface area contributed by atoms with Gasteiger partial charge in [-0.05, 0) is 36.8 Å². The third kappa shape index (κ3) is 3.28. The molecular weight excluding hydrogens is 436 g/mol. The first-order valence-electron chi connectivity index (χ1n) is 10.5. The molecule has 2 aliphatic rings. The lowest BCUT2D eigenvalue weighted by atomic mass is 10.0. The highest BCUT2D eigenvalue weighted by Gasteiger charge is 2.47. The van der Waals surface area contributed by atoms with Crippen molar-refractivity contribution in [3.63, 3.8) is 0 Å². The summed E-state index contributed by atoms with van der Waals surface area (Å²) in [7, 11) is 0. The molecule has 4 aromatic rings. The van der Waals surface area contributed by atoms with Gasteiger partial charge in [0.15, 0.2) is 16.8 Å². The van der Waals surface area contributed by atoms with Crippen molar-refractivity contribution < 1.29 is 4.92 Å². The van der Waals surface area contributed by atoms with Crippen molar-refractivity contribution in [1.29, 1.82) is 0 Å². The number of hydrogen-bond acceptors (Lipinski definition) is 7. The highest BCUT2D eigenvalue weighted by atomic mass is 32.2. The van der Waals surface area contributed by atoms with Gasteiger partial charge in [-0.25, -0.2) is 4.98 Å². The summed E-state index contributed by atoms with van der Waals surface area (Å²) in [6, 6.07) is 24.6. The molecule has 2 atom stereocenters. The van der Waals surface area contributed by atoms with Crippen LogP contribution in [0.3, 0.4) is 0 Å². The third-order valence-corrected chi connectivity index (χ3v) is 7.02. The fourth-order valence-corrected chi connectivity index (χ4v) is 5.40. The average molecular weight is 455 g/mol. The smallest absolute Gasteiger partial charge is 0.258 e. The van der Waals surface area contributed by atoms with Crippen molar-refractivity contribution in [3.8, 4) is 11.4 Å². The van der Waals surface area contributed by atoms with Crippen LogP contribution in [0.15, 0.2) is 89.1 Å². The Morgan fingerprint density at radius 2 is 1.70 bits per heavy atom. The minimum Gasteiger partial charge on any atom is -0.258 e. The number of aryl methyl sites for hydroxylation is 1. The van der Waals surface area contributed by atoms with E-state index in [2.05, 4.69) is 6.92 Å². The van der Waals surface area contributed by atoms with E-state index in [1.165, 1.54) is 5.56 Å². The molecule has 0 amide bonds. The molecule has 8 nitrogen and oxygen atoms in total. The van der Waals surface area contributed by atoms with Gasteiger partial charge in [0.25, 0.3) is 5.69 Å². The minimum atomic E-state index is -0.383. The Labute approximate surface area is 193 Å². The van der Waals surface area contributed by atoms with Crippen LogP contribution in [-0.2, 0) is 0 Å². The van der Waals surface area contributed by atoms with Crippen LogP contribution in [0.25, 0.3) is 11.4 Å². The van der Waals surface area contributed by atoms with Gasteiger partial charge >= 0.3 is 0 Å². The Bertz CT molecular complexity index is 1380. The minimum absolute atomic E-state index is 0.0336. The number of hydrogen-bond donors (Lipinski definition) is 0. The molecule has 33 heavy (non-hydrogen) atoms. The lowest BCUT2D eigenvalue weighted by Crippen LogP contribution is -2.27. The van der Waals surface area contributed by atoms with Gasteiger partial charge in [0, 0.05) is 17.7 Å². The van der Waals surface area contributed by atoms with Gasteiger partial charge in [-0.1, -0.05) is 59.8 Å². The molecule has 2 aliphatic heterocycles. The van der Waals surface area contributed by atoms with E-state index in [1.807, 2.05) is 76.4 Å². The first-order chi connectivity index (χ1) is 16.1. The molecule has 0 N–H and O–H groups in total. The number of thioether (sulfide) groups is 1. The van der Waals surface area contributed by atoms with E-state index in [4.69, 9.17) is 15.2 Å². The molecule has 3 aromatic carbocycles. The summed E-state index contributed by atoms with van der Waals surface area (Å²) < 4.78 is 1.83. The number of aromatic nitrogens is 3. The maximum Gasteiger partial charge on any atom is 0.269 e. The summed E-state index contributed by atoms with van der Waals surface area (Å²) in [6.07, 6.45) is 0. The number of nitro groups is 1. The summed E-state index contributed by atoms with van der Waals surface area (Å²) in [5.41, 5.74) is 4.11. The van der Waals surface area contributed by atoms with E-state index in [0.717, 1.165) is 27.8 Å². The number of para-hydroxylation sites is 1. The zero-order valence-corrected chi connectivity index (χ0v) is 18.4. The highest BCUT2D eigenvalue weighted by Crippen LogP contribution is 2.47.